The Labute approximate surface area is 177 Å². The van der Waals surface area contributed by atoms with Gasteiger partial charge in [-0.2, -0.15) is 0 Å². The van der Waals surface area contributed by atoms with Crippen LogP contribution in [0.2, 0.25) is 5.02 Å². The minimum absolute atomic E-state index is 0.0871. The number of imide groups is 1. The Morgan fingerprint density at radius 2 is 1.10 bits per heavy atom. The van der Waals surface area contributed by atoms with Crippen LogP contribution in [0.15, 0.2) is 60.7 Å². The quantitative estimate of drug-likeness (QED) is 0.456. The molecule has 30 heavy (non-hydrogen) atoms. The zero-order valence-electron chi connectivity index (χ0n) is 16.1. The third-order valence-electron chi connectivity index (χ3n) is 4.16. The Morgan fingerprint density at radius 3 is 1.53 bits per heavy atom. The molecule has 0 saturated heterocycles. The molecular weight excluding hydrogens is 406 g/mol. The lowest BCUT2D eigenvalue weighted by Gasteiger charge is -2.21. The number of ketones is 2. The monoisotopic (exact) mass is 421 g/mol. The molecule has 2 heterocycles. The van der Waals surface area contributed by atoms with Crippen LogP contribution >= 0.6 is 11.6 Å². The molecule has 0 saturated carbocycles. The van der Waals surface area contributed by atoms with Crippen LogP contribution in [0.25, 0.3) is 0 Å². The van der Waals surface area contributed by atoms with E-state index in [2.05, 4.69) is 9.97 Å². The van der Waals surface area contributed by atoms with Crippen LogP contribution in [0.3, 0.4) is 0 Å². The molecule has 150 valence electrons. The van der Waals surface area contributed by atoms with E-state index >= 15 is 0 Å². The largest absolute Gasteiger partial charge is 0.293 e. The molecule has 0 aliphatic carbocycles. The van der Waals surface area contributed by atoms with Crippen LogP contribution in [0.4, 0.5) is 5.69 Å². The first-order valence-corrected chi connectivity index (χ1v) is 9.26. The highest BCUT2D eigenvalue weighted by molar-refractivity contribution is 6.36. The van der Waals surface area contributed by atoms with E-state index in [1.54, 1.807) is 12.1 Å². The van der Waals surface area contributed by atoms with E-state index in [0.717, 1.165) is 4.90 Å². The van der Waals surface area contributed by atoms with Crippen molar-refractivity contribution in [3.63, 3.8) is 0 Å². The highest BCUT2D eigenvalue weighted by Crippen LogP contribution is 2.28. The summed E-state index contributed by atoms with van der Waals surface area (Å²) in [6, 6.07) is 15.0. The van der Waals surface area contributed by atoms with Gasteiger partial charge in [0, 0.05) is 13.8 Å². The summed E-state index contributed by atoms with van der Waals surface area (Å²) < 4.78 is 0. The van der Waals surface area contributed by atoms with Crippen molar-refractivity contribution < 1.29 is 19.2 Å². The van der Waals surface area contributed by atoms with Gasteiger partial charge >= 0.3 is 0 Å². The van der Waals surface area contributed by atoms with Crippen molar-refractivity contribution in [1.29, 1.82) is 0 Å². The Hall–Kier alpha value is -3.71. The van der Waals surface area contributed by atoms with Crippen molar-refractivity contribution in [2.45, 2.75) is 13.8 Å². The summed E-state index contributed by atoms with van der Waals surface area (Å²) in [5.74, 6) is -2.22. The molecule has 0 unspecified atom stereocenters. The highest BCUT2D eigenvalue weighted by atomic mass is 35.5. The van der Waals surface area contributed by atoms with E-state index in [9.17, 15) is 19.2 Å². The molecule has 0 fully saturated rings. The maximum atomic E-state index is 13.3. The second kappa shape index (κ2) is 8.75. The van der Waals surface area contributed by atoms with Crippen molar-refractivity contribution in [2.24, 2.45) is 0 Å². The topological polar surface area (TPSA) is 97.3 Å². The van der Waals surface area contributed by atoms with E-state index in [-0.39, 0.29) is 45.1 Å². The summed E-state index contributed by atoms with van der Waals surface area (Å²) in [6.45, 7) is 2.65. The second-order valence-corrected chi connectivity index (χ2v) is 6.73. The number of carbonyl (C=O) groups is 4. The normalized spacial score (nSPS) is 10.4. The average Bonchev–Trinajstić information content (AvgIpc) is 2.75. The SMILES string of the molecule is CC(=O)c1cccc(C(=O)N(C(=O)c2cccc(C(C)=O)n2)c2ccccc2Cl)n1. The van der Waals surface area contributed by atoms with E-state index < -0.39 is 11.8 Å². The van der Waals surface area contributed by atoms with Crippen molar-refractivity contribution in [1.82, 2.24) is 9.97 Å². The van der Waals surface area contributed by atoms with Gasteiger partial charge in [0.15, 0.2) is 11.6 Å². The van der Waals surface area contributed by atoms with Crippen molar-refractivity contribution in [3.8, 4) is 0 Å². The molecule has 0 spiro atoms. The predicted octanol–water partition coefficient (Wildman–Crippen LogP) is 4.02. The summed E-state index contributed by atoms with van der Waals surface area (Å²) in [6.07, 6.45) is 0. The molecule has 0 atom stereocenters. The van der Waals surface area contributed by atoms with Crippen LogP contribution < -0.4 is 4.90 Å². The van der Waals surface area contributed by atoms with Gasteiger partial charge in [-0.1, -0.05) is 35.9 Å². The fourth-order valence-electron chi connectivity index (χ4n) is 2.67. The molecule has 3 rings (SSSR count). The molecule has 2 aromatic heterocycles. The number of aromatic nitrogens is 2. The Kier molecular flexibility index (Phi) is 6.13. The van der Waals surface area contributed by atoms with Crippen LogP contribution in [0.5, 0.6) is 0 Å². The van der Waals surface area contributed by atoms with Crippen molar-refractivity contribution in [3.05, 3.63) is 88.5 Å². The first kappa shape index (κ1) is 21.0. The predicted molar refractivity (Wildman–Crippen MR) is 111 cm³/mol. The van der Waals surface area contributed by atoms with Crippen LogP contribution in [0.1, 0.15) is 55.8 Å². The van der Waals surface area contributed by atoms with E-state index in [1.807, 2.05) is 0 Å². The van der Waals surface area contributed by atoms with Gasteiger partial charge in [-0.05, 0) is 36.4 Å². The highest BCUT2D eigenvalue weighted by Gasteiger charge is 2.30. The molecule has 0 bridgehead atoms. The summed E-state index contributed by atoms with van der Waals surface area (Å²) in [4.78, 5) is 58.8. The molecular formula is C22H16ClN3O4. The summed E-state index contributed by atoms with van der Waals surface area (Å²) in [5, 5.41) is 0.157. The van der Waals surface area contributed by atoms with Crippen LogP contribution in [0, 0.1) is 0 Å². The Morgan fingerprint density at radius 1 is 0.667 bits per heavy atom. The summed E-state index contributed by atoms with van der Waals surface area (Å²) in [5.41, 5.74) is 0.0739. The van der Waals surface area contributed by atoms with Gasteiger partial charge in [0.25, 0.3) is 11.8 Å². The molecule has 7 nitrogen and oxygen atoms in total. The van der Waals surface area contributed by atoms with Gasteiger partial charge in [0.2, 0.25) is 0 Å². The molecule has 2 amide bonds. The van der Waals surface area contributed by atoms with Gasteiger partial charge in [0.1, 0.15) is 22.8 Å². The lowest BCUT2D eigenvalue weighted by Crippen LogP contribution is -2.38. The third kappa shape index (κ3) is 4.31. The lowest BCUT2D eigenvalue weighted by molar-refractivity contribution is 0.0892. The number of Topliss-reactive ketones (excluding diaryl/α,β-unsaturated/α-hetero) is 2. The van der Waals surface area contributed by atoms with Crippen LogP contribution in [-0.2, 0) is 0 Å². The molecule has 0 N–H and O–H groups in total. The smallest absolute Gasteiger partial charge is 0.284 e. The molecule has 8 heteroatoms. The van der Waals surface area contributed by atoms with Gasteiger partial charge in [-0.25, -0.2) is 14.9 Å². The molecule has 0 radical (unpaired) electrons. The number of carbonyl (C=O) groups excluding carboxylic acids is 4. The second-order valence-electron chi connectivity index (χ2n) is 6.33. The standard InChI is InChI=1S/C22H16ClN3O4/c1-13(27)16-8-5-10-18(24-16)21(29)26(20-12-4-3-7-15(20)23)22(30)19-11-6-9-17(25-19)14(2)28/h3-12H,1-2H3. The first-order chi connectivity index (χ1) is 14.3. The Bertz CT molecular complexity index is 1110. The van der Waals surface area contributed by atoms with Gasteiger partial charge in [-0.3, -0.25) is 19.2 Å². The van der Waals surface area contributed by atoms with Gasteiger partial charge in [-0.15, -0.1) is 0 Å². The number of para-hydroxylation sites is 1. The Balaban J connectivity index is 2.13. The number of hydrogen-bond acceptors (Lipinski definition) is 6. The summed E-state index contributed by atoms with van der Waals surface area (Å²) >= 11 is 6.25. The summed E-state index contributed by atoms with van der Waals surface area (Å²) in [7, 11) is 0. The number of anilines is 1. The number of amides is 2. The van der Waals surface area contributed by atoms with Crippen LogP contribution in [-0.4, -0.2) is 33.3 Å². The van der Waals surface area contributed by atoms with Gasteiger partial charge < -0.3 is 0 Å². The maximum absolute atomic E-state index is 13.3. The minimum atomic E-state index is -0.786. The third-order valence-corrected chi connectivity index (χ3v) is 4.48. The zero-order valence-corrected chi connectivity index (χ0v) is 16.9. The van der Waals surface area contributed by atoms with Crippen molar-refractivity contribution in [2.75, 3.05) is 4.90 Å². The number of nitrogens with zero attached hydrogens (tertiary/aromatic N) is 3. The first-order valence-electron chi connectivity index (χ1n) is 8.89. The molecule has 1 aromatic carbocycles. The average molecular weight is 422 g/mol. The lowest BCUT2D eigenvalue weighted by atomic mass is 10.2. The number of halogens is 1. The molecule has 0 aliphatic rings. The fourth-order valence-corrected chi connectivity index (χ4v) is 2.89. The zero-order chi connectivity index (χ0) is 21.8. The van der Waals surface area contributed by atoms with E-state index in [4.69, 9.17) is 11.6 Å². The molecule has 0 aliphatic heterocycles. The number of pyridine rings is 2. The molecule has 3 aromatic rings. The fraction of sp³-hybridized carbons (Fsp3) is 0.0909. The maximum Gasteiger partial charge on any atom is 0.284 e. The number of benzene rings is 1. The number of rotatable bonds is 5. The van der Waals surface area contributed by atoms with Gasteiger partial charge in [0.05, 0.1) is 10.7 Å². The van der Waals surface area contributed by atoms with E-state index in [1.165, 1.54) is 62.4 Å². The van der Waals surface area contributed by atoms with E-state index in [0.29, 0.717) is 0 Å². The minimum Gasteiger partial charge on any atom is -0.293 e. The van der Waals surface area contributed by atoms with Crippen molar-refractivity contribution >= 4 is 40.7 Å². The number of hydrogen-bond donors (Lipinski definition) is 0.